The van der Waals surface area contributed by atoms with Gasteiger partial charge in [-0.3, -0.25) is 0 Å². The van der Waals surface area contributed by atoms with Crippen LogP contribution >= 0.6 is 0 Å². The molecule has 1 saturated heterocycles. The number of nitrogens with one attached hydrogen (secondary N) is 2. The van der Waals surface area contributed by atoms with Crippen molar-refractivity contribution in [3.63, 3.8) is 0 Å². The molecule has 0 atom stereocenters. The van der Waals surface area contributed by atoms with Crippen molar-refractivity contribution in [3.05, 3.63) is 0 Å². The minimum atomic E-state index is 0.605. The summed E-state index contributed by atoms with van der Waals surface area (Å²) in [5, 5.41) is 7.13. The third-order valence-electron chi connectivity index (χ3n) is 3.65. The van der Waals surface area contributed by atoms with Crippen LogP contribution in [0.25, 0.3) is 0 Å². The smallest absolute Gasteiger partial charge is 0.000876 e. The van der Waals surface area contributed by atoms with Crippen molar-refractivity contribution in [1.29, 1.82) is 0 Å². The molecule has 1 heterocycles. The zero-order valence-electron chi connectivity index (χ0n) is 10.6. The van der Waals surface area contributed by atoms with Gasteiger partial charge in [-0.2, -0.15) is 0 Å². The molecule has 0 unspecified atom stereocenters. The Morgan fingerprint density at radius 3 is 2.47 bits per heavy atom. The molecule has 1 fully saturated rings. The number of rotatable bonds is 7. The van der Waals surface area contributed by atoms with Gasteiger partial charge in [0.25, 0.3) is 0 Å². The molecular weight excluding hydrogens is 184 g/mol. The number of hydrogen-bond donors (Lipinski definition) is 2. The van der Waals surface area contributed by atoms with Crippen LogP contribution in [0, 0.1) is 5.41 Å². The minimum Gasteiger partial charge on any atom is -0.317 e. The zero-order chi connectivity index (χ0) is 11.0. The van der Waals surface area contributed by atoms with Crippen LogP contribution in [0.1, 0.15) is 52.4 Å². The molecule has 1 aliphatic heterocycles. The molecular formula is C13H28N2. The Hall–Kier alpha value is -0.0800. The maximum atomic E-state index is 3.65. The molecule has 2 nitrogen and oxygen atoms in total. The van der Waals surface area contributed by atoms with E-state index in [4.69, 9.17) is 0 Å². The fraction of sp³-hybridized carbons (Fsp3) is 1.00. The number of unbranched alkanes of at least 4 members (excludes halogenated alkanes) is 1. The van der Waals surface area contributed by atoms with Crippen molar-refractivity contribution in [1.82, 2.24) is 10.6 Å². The first-order chi connectivity index (χ1) is 7.33. The van der Waals surface area contributed by atoms with Gasteiger partial charge >= 0.3 is 0 Å². The second-order valence-electron chi connectivity index (χ2n) is 5.03. The molecule has 0 aromatic rings. The Morgan fingerprint density at radius 1 is 1.13 bits per heavy atom. The van der Waals surface area contributed by atoms with Gasteiger partial charge in [0.2, 0.25) is 0 Å². The Bertz CT molecular complexity index is 145. The van der Waals surface area contributed by atoms with Crippen molar-refractivity contribution in [2.45, 2.75) is 52.4 Å². The predicted molar refractivity (Wildman–Crippen MR) is 67.2 cm³/mol. The van der Waals surface area contributed by atoms with Crippen LogP contribution in [0.15, 0.2) is 0 Å². The van der Waals surface area contributed by atoms with Crippen molar-refractivity contribution >= 4 is 0 Å². The van der Waals surface area contributed by atoms with Gasteiger partial charge in [-0.1, -0.05) is 26.7 Å². The molecule has 1 rings (SSSR count). The van der Waals surface area contributed by atoms with Gasteiger partial charge in [0.1, 0.15) is 0 Å². The van der Waals surface area contributed by atoms with Gasteiger partial charge in [0.05, 0.1) is 0 Å². The Balaban J connectivity index is 2.28. The maximum absolute atomic E-state index is 3.65. The van der Waals surface area contributed by atoms with Gasteiger partial charge in [0.15, 0.2) is 0 Å². The summed E-state index contributed by atoms with van der Waals surface area (Å²) in [6.45, 7) is 9.45. The second-order valence-corrected chi connectivity index (χ2v) is 5.03. The average Bonchev–Trinajstić information content (AvgIpc) is 2.26. The monoisotopic (exact) mass is 212 g/mol. The summed E-state index contributed by atoms with van der Waals surface area (Å²) in [5.41, 5.74) is 0.605. The van der Waals surface area contributed by atoms with Gasteiger partial charge in [-0.05, 0) is 50.7 Å². The highest BCUT2D eigenvalue weighted by Gasteiger charge is 2.30. The summed E-state index contributed by atoms with van der Waals surface area (Å²) in [5.74, 6) is 0. The highest BCUT2D eigenvalue weighted by Crippen LogP contribution is 2.33. The molecule has 15 heavy (non-hydrogen) atoms. The molecule has 0 aromatic carbocycles. The lowest BCUT2D eigenvalue weighted by Gasteiger charge is -2.38. The van der Waals surface area contributed by atoms with E-state index in [2.05, 4.69) is 24.5 Å². The van der Waals surface area contributed by atoms with Gasteiger partial charge < -0.3 is 10.6 Å². The van der Waals surface area contributed by atoms with E-state index in [1.165, 1.54) is 64.7 Å². The van der Waals surface area contributed by atoms with Crippen LogP contribution in [0.2, 0.25) is 0 Å². The lowest BCUT2D eigenvalue weighted by Crippen LogP contribution is -2.43. The SMILES string of the molecule is CCCCNCC1(CCC)CCNCC1. The van der Waals surface area contributed by atoms with Crippen LogP contribution in [-0.2, 0) is 0 Å². The first-order valence-electron chi connectivity index (χ1n) is 6.74. The summed E-state index contributed by atoms with van der Waals surface area (Å²) in [7, 11) is 0. The van der Waals surface area contributed by atoms with Gasteiger partial charge in [0, 0.05) is 6.54 Å². The fourth-order valence-electron chi connectivity index (χ4n) is 2.66. The largest absolute Gasteiger partial charge is 0.317 e. The second kappa shape index (κ2) is 7.24. The minimum absolute atomic E-state index is 0.605. The van der Waals surface area contributed by atoms with Gasteiger partial charge in [-0.15, -0.1) is 0 Å². The van der Waals surface area contributed by atoms with Gasteiger partial charge in [-0.25, -0.2) is 0 Å². The van der Waals surface area contributed by atoms with E-state index < -0.39 is 0 Å². The van der Waals surface area contributed by atoms with Crippen LogP contribution in [0.4, 0.5) is 0 Å². The third-order valence-corrected chi connectivity index (χ3v) is 3.65. The normalized spacial score (nSPS) is 20.4. The molecule has 0 amide bonds. The summed E-state index contributed by atoms with van der Waals surface area (Å²) in [4.78, 5) is 0. The topological polar surface area (TPSA) is 24.1 Å². The van der Waals surface area contributed by atoms with Crippen molar-refractivity contribution in [3.8, 4) is 0 Å². The van der Waals surface area contributed by atoms with E-state index in [1.807, 2.05) is 0 Å². The molecule has 0 saturated carbocycles. The van der Waals surface area contributed by atoms with Crippen molar-refractivity contribution < 1.29 is 0 Å². The van der Waals surface area contributed by atoms with Crippen LogP contribution in [0.3, 0.4) is 0 Å². The predicted octanol–water partition coefficient (Wildman–Crippen LogP) is 2.55. The molecule has 0 radical (unpaired) electrons. The molecule has 0 aromatic heterocycles. The fourth-order valence-corrected chi connectivity index (χ4v) is 2.66. The quantitative estimate of drug-likeness (QED) is 0.634. The average molecular weight is 212 g/mol. The summed E-state index contributed by atoms with van der Waals surface area (Å²) < 4.78 is 0. The maximum Gasteiger partial charge on any atom is 0.000876 e. The van der Waals surface area contributed by atoms with Crippen LogP contribution in [0.5, 0.6) is 0 Å². The van der Waals surface area contributed by atoms with Crippen molar-refractivity contribution in [2.24, 2.45) is 5.41 Å². The van der Waals surface area contributed by atoms with Crippen LogP contribution in [-0.4, -0.2) is 26.2 Å². The Labute approximate surface area is 95.2 Å². The summed E-state index contributed by atoms with van der Waals surface area (Å²) >= 11 is 0. The van der Waals surface area contributed by atoms with Crippen LogP contribution < -0.4 is 10.6 Å². The van der Waals surface area contributed by atoms with E-state index in [0.29, 0.717) is 5.41 Å². The molecule has 90 valence electrons. The van der Waals surface area contributed by atoms with E-state index in [0.717, 1.165) is 0 Å². The third kappa shape index (κ3) is 4.52. The summed E-state index contributed by atoms with van der Waals surface area (Å²) in [6, 6.07) is 0. The lowest BCUT2D eigenvalue weighted by atomic mass is 9.75. The molecule has 0 spiro atoms. The summed E-state index contributed by atoms with van der Waals surface area (Å²) in [6.07, 6.45) is 8.07. The first kappa shape index (κ1) is 13.0. The molecule has 0 aliphatic carbocycles. The molecule has 2 N–H and O–H groups in total. The van der Waals surface area contributed by atoms with Crippen molar-refractivity contribution in [2.75, 3.05) is 26.2 Å². The Kier molecular flexibility index (Phi) is 6.26. The van der Waals surface area contributed by atoms with E-state index in [1.54, 1.807) is 0 Å². The Morgan fingerprint density at radius 2 is 1.87 bits per heavy atom. The zero-order valence-corrected chi connectivity index (χ0v) is 10.6. The van der Waals surface area contributed by atoms with E-state index in [9.17, 15) is 0 Å². The molecule has 1 aliphatic rings. The van der Waals surface area contributed by atoms with E-state index in [-0.39, 0.29) is 0 Å². The number of piperidine rings is 1. The highest BCUT2D eigenvalue weighted by molar-refractivity contribution is 4.86. The molecule has 0 bridgehead atoms. The lowest BCUT2D eigenvalue weighted by molar-refractivity contribution is 0.176. The first-order valence-corrected chi connectivity index (χ1v) is 6.74. The molecule has 2 heteroatoms. The number of hydrogen-bond acceptors (Lipinski definition) is 2. The van der Waals surface area contributed by atoms with E-state index >= 15 is 0 Å². The standard InChI is InChI=1S/C13H28N2/c1-3-5-9-15-12-13(6-4-2)7-10-14-11-8-13/h14-15H,3-12H2,1-2H3. The highest BCUT2D eigenvalue weighted by atomic mass is 14.9.